The molecule has 3 heteroatoms. The highest BCUT2D eigenvalue weighted by Crippen LogP contribution is 2.36. The van der Waals surface area contributed by atoms with E-state index in [9.17, 15) is 0 Å². The monoisotopic (exact) mass is 296 g/mol. The first-order valence-electron chi connectivity index (χ1n) is 8.93. The van der Waals surface area contributed by atoms with Gasteiger partial charge in [-0.1, -0.05) is 25.7 Å². The topological polar surface area (TPSA) is 24.5 Å². The van der Waals surface area contributed by atoms with Gasteiger partial charge in [-0.05, 0) is 52.5 Å². The zero-order chi connectivity index (χ0) is 15.3. The Morgan fingerprint density at radius 2 is 1.81 bits per heavy atom. The summed E-state index contributed by atoms with van der Waals surface area (Å²) in [5.74, 6) is 0. The van der Waals surface area contributed by atoms with Crippen molar-refractivity contribution in [1.29, 1.82) is 0 Å². The van der Waals surface area contributed by atoms with Crippen LogP contribution in [0.4, 0.5) is 0 Å². The van der Waals surface area contributed by atoms with E-state index in [1.165, 1.54) is 51.5 Å². The predicted molar refractivity (Wildman–Crippen MR) is 89.7 cm³/mol. The third kappa shape index (κ3) is 5.54. The van der Waals surface area contributed by atoms with E-state index in [1.54, 1.807) is 0 Å². The molecule has 1 atom stereocenters. The molecule has 0 aromatic rings. The normalized spacial score (nSPS) is 27.0. The lowest BCUT2D eigenvalue weighted by atomic mass is 9.78. The van der Waals surface area contributed by atoms with Crippen LogP contribution in [0.2, 0.25) is 0 Å². The van der Waals surface area contributed by atoms with Crippen LogP contribution in [0.3, 0.4) is 0 Å². The lowest BCUT2D eigenvalue weighted by Gasteiger charge is -2.40. The number of nitrogens with one attached hydrogen (secondary N) is 1. The van der Waals surface area contributed by atoms with Crippen molar-refractivity contribution in [3.05, 3.63) is 0 Å². The molecule has 0 aromatic carbocycles. The molecule has 1 unspecified atom stereocenters. The standard InChI is InChI=1S/C18H36N2O/c1-17(2,3)19-14-18(10-7-5-6-8-11-18)15-20(4)16-9-12-21-13-16/h16,19H,5-15H2,1-4H3. The molecule has 0 spiro atoms. The van der Waals surface area contributed by atoms with Gasteiger partial charge in [0.1, 0.15) is 0 Å². The van der Waals surface area contributed by atoms with Crippen LogP contribution < -0.4 is 5.32 Å². The van der Waals surface area contributed by atoms with Gasteiger partial charge >= 0.3 is 0 Å². The number of nitrogens with zero attached hydrogens (tertiary/aromatic N) is 1. The molecule has 3 nitrogen and oxygen atoms in total. The van der Waals surface area contributed by atoms with Gasteiger partial charge in [-0.25, -0.2) is 0 Å². The van der Waals surface area contributed by atoms with Crippen molar-refractivity contribution in [2.24, 2.45) is 5.41 Å². The van der Waals surface area contributed by atoms with Gasteiger partial charge < -0.3 is 15.0 Å². The summed E-state index contributed by atoms with van der Waals surface area (Å²) in [5.41, 5.74) is 0.676. The lowest BCUT2D eigenvalue weighted by Crippen LogP contribution is -2.50. The second kappa shape index (κ2) is 7.43. The predicted octanol–water partition coefficient (Wildman–Crippen LogP) is 3.44. The molecule has 1 N–H and O–H groups in total. The van der Waals surface area contributed by atoms with Crippen LogP contribution in [0.5, 0.6) is 0 Å². The highest BCUT2D eigenvalue weighted by Gasteiger charge is 2.35. The Morgan fingerprint density at radius 1 is 1.14 bits per heavy atom. The van der Waals surface area contributed by atoms with Crippen LogP contribution in [-0.4, -0.2) is 49.8 Å². The molecule has 0 amide bonds. The van der Waals surface area contributed by atoms with E-state index >= 15 is 0 Å². The van der Waals surface area contributed by atoms with Crippen molar-refractivity contribution in [1.82, 2.24) is 10.2 Å². The fraction of sp³-hybridized carbons (Fsp3) is 1.00. The third-order valence-electron chi connectivity index (χ3n) is 5.27. The van der Waals surface area contributed by atoms with Gasteiger partial charge in [0.2, 0.25) is 0 Å². The average Bonchev–Trinajstić information content (AvgIpc) is 2.85. The van der Waals surface area contributed by atoms with Crippen LogP contribution in [0, 0.1) is 5.41 Å². The maximum atomic E-state index is 5.58. The maximum absolute atomic E-state index is 5.58. The van der Waals surface area contributed by atoms with Gasteiger partial charge in [0.15, 0.2) is 0 Å². The SMILES string of the molecule is CN(CC1(CNC(C)(C)C)CCCCCC1)C1CCOC1. The Balaban J connectivity index is 1.99. The van der Waals surface area contributed by atoms with Crippen molar-refractivity contribution in [3.8, 4) is 0 Å². The summed E-state index contributed by atoms with van der Waals surface area (Å²) in [6.45, 7) is 11.1. The molecule has 0 radical (unpaired) electrons. The number of ether oxygens (including phenoxy) is 1. The first-order valence-corrected chi connectivity index (χ1v) is 8.93. The van der Waals surface area contributed by atoms with Gasteiger partial charge in [0.25, 0.3) is 0 Å². The van der Waals surface area contributed by atoms with E-state index in [4.69, 9.17) is 4.74 Å². The minimum absolute atomic E-state index is 0.217. The second-order valence-electron chi connectivity index (χ2n) is 8.45. The molecule has 124 valence electrons. The van der Waals surface area contributed by atoms with Crippen LogP contribution >= 0.6 is 0 Å². The van der Waals surface area contributed by atoms with Crippen LogP contribution in [-0.2, 0) is 4.74 Å². The second-order valence-corrected chi connectivity index (χ2v) is 8.45. The van der Waals surface area contributed by atoms with Crippen molar-refractivity contribution >= 4 is 0 Å². The van der Waals surface area contributed by atoms with Crippen molar-refractivity contribution in [2.75, 3.05) is 33.4 Å². The quantitative estimate of drug-likeness (QED) is 0.787. The minimum Gasteiger partial charge on any atom is -0.380 e. The lowest BCUT2D eigenvalue weighted by molar-refractivity contribution is 0.0961. The Bertz CT molecular complexity index is 297. The van der Waals surface area contributed by atoms with Gasteiger partial charge in [-0.2, -0.15) is 0 Å². The molecule has 2 rings (SSSR count). The van der Waals surface area contributed by atoms with Crippen molar-refractivity contribution < 1.29 is 4.74 Å². The van der Waals surface area contributed by atoms with Crippen LogP contribution in [0.1, 0.15) is 65.7 Å². The fourth-order valence-corrected chi connectivity index (χ4v) is 3.85. The minimum atomic E-state index is 0.217. The number of hydrogen-bond donors (Lipinski definition) is 1. The molecule has 1 heterocycles. The van der Waals surface area contributed by atoms with Gasteiger partial charge in [0.05, 0.1) is 6.61 Å². The summed E-state index contributed by atoms with van der Waals surface area (Å²) in [6, 6.07) is 0.639. The van der Waals surface area contributed by atoms with E-state index in [1.807, 2.05) is 0 Å². The molecule has 2 fully saturated rings. The Kier molecular flexibility index (Phi) is 6.10. The van der Waals surface area contributed by atoms with Crippen molar-refractivity contribution in [2.45, 2.75) is 77.3 Å². The fourth-order valence-electron chi connectivity index (χ4n) is 3.85. The summed E-state index contributed by atoms with van der Waals surface area (Å²) in [4.78, 5) is 2.59. The number of likely N-dealkylation sites (N-methyl/N-ethyl adjacent to an activating group) is 1. The molecule has 1 saturated heterocycles. The Morgan fingerprint density at radius 3 is 2.33 bits per heavy atom. The largest absolute Gasteiger partial charge is 0.380 e. The smallest absolute Gasteiger partial charge is 0.0622 e. The van der Waals surface area contributed by atoms with E-state index in [2.05, 4.69) is 38.0 Å². The molecule has 0 bridgehead atoms. The molecule has 0 aromatic heterocycles. The first kappa shape index (κ1) is 17.2. The average molecular weight is 296 g/mol. The van der Waals surface area contributed by atoms with E-state index in [0.29, 0.717) is 11.5 Å². The van der Waals surface area contributed by atoms with Gasteiger partial charge in [0, 0.05) is 31.3 Å². The zero-order valence-electron chi connectivity index (χ0n) is 14.7. The Labute approximate surface area is 131 Å². The zero-order valence-corrected chi connectivity index (χ0v) is 14.7. The van der Waals surface area contributed by atoms with Gasteiger partial charge in [-0.15, -0.1) is 0 Å². The highest BCUT2D eigenvalue weighted by atomic mass is 16.5. The van der Waals surface area contributed by atoms with Crippen LogP contribution in [0.25, 0.3) is 0 Å². The number of hydrogen-bond acceptors (Lipinski definition) is 3. The molecule has 2 aliphatic rings. The molecule has 1 aliphatic carbocycles. The summed E-state index contributed by atoms with van der Waals surface area (Å²) in [5, 5.41) is 3.80. The highest BCUT2D eigenvalue weighted by molar-refractivity contribution is 4.90. The first-order chi connectivity index (χ1) is 9.90. The maximum Gasteiger partial charge on any atom is 0.0622 e. The number of rotatable bonds is 5. The van der Waals surface area contributed by atoms with E-state index < -0.39 is 0 Å². The summed E-state index contributed by atoms with van der Waals surface area (Å²) in [6.07, 6.45) is 9.63. The van der Waals surface area contributed by atoms with E-state index in [-0.39, 0.29) is 5.54 Å². The summed E-state index contributed by atoms with van der Waals surface area (Å²) in [7, 11) is 2.31. The molecule has 1 saturated carbocycles. The summed E-state index contributed by atoms with van der Waals surface area (Å²) < 4.78 is 5.58. The summed E-state index contributed by atoms with van der Waals surface area (Å²) >= 11 is 0. The molecular weight excluding hydrogens is 260 g/mol. The molecule has 21 heavy (non-hydrogen) atoms. The van der Waals surface area contributed by atoms with Gasteiger partial charge in [-0.3, -0.25) is 0 Å². The van der Waals surface area contributed by atoms with Crippen LogP contribution in [0.15, 0.2) is 0 Å². The third-order valence-corrected chi connectivity index (χ3v) is 5.27. The van der Waals surface area contributed by atoms with E-state index in [0.717, 1.165) is 19.8 Å². The molecule has 1 aliphatic heterocycles. The molecular formula is C18H36N2O. The Hall–Kier alpha value is -0.120. The van der Waals surface area contributed by atoms with Crippen molar-refractivity contribution in [3.63, 3.8) is 0 Å².